The molecule has 0 bridgehead atoms. The molecule has 0 radical (unpaired) electrons. The van der Waals surface area contributed by atoms with Crippen LogP contribution in [0.15, 0.2) is 48.5 Å². The summed E-state index contributed by atoms with van der Waals surface area (Å²) in [6.45, 7) is 2.19. The van der Waals surface area contributed by atoms with Crippen LogP contribution in [0.4, 0.5) is 4.79 Å². The van der Waals surface area contributed by atoms with Gasteiger partial charge in [0, 0.05) is 18.5 Å². The van der Waals surface area contributed by atoms with Gasteiger partial charge < -0.3 is 20.1 Å². The number of alkyl carbamates (subject to hydrolysis) is 1. The SMILES string of the molecule is CCCN(CC(=O)O)C(=O)[C@H]1CCC[C@H]1NC(=O)OCC1c2ccccc2-c2ccccc21. The first-order chi connectivity index (χ1) is 16.0. The Bertz CT molecular complexity index is 991. The van der Waals surface area contributed by atoms with Crippen LogP contribution < -0.4 is 5.32 Å². The maximum Gasteiger partial charge on any atom is 0.407 e. The second-order valence-electron chi connectivity index (χ2n) is 8.77. The van der Waals surface area contributed by atoms with Gasteiger partial charge in [0.2, 0.25) is 5.91 Å². The van der Waals surface area contributed by atoms with Crippen molar-refractivity contribution in [1.82, 2.24) is 10.2 Å². The Morgan fingerprint density at radius 1 is 1.03 bits per heavy atom. The van der Waals surface area contributed by atoms with Crippen molar-refractivity contribution in [2.75, 3.05) is 19.7 Å². The summed E-state index contributed by atoms with van der Waals surface area (Å²) >= 11 is 0. The van der Waals surface area contributed by atoms with Gasteiger partial charge in [0.15, 0.2) is 0 Å². The maximum absolute atomic E-state index is 13.0. The number of amides is 2. The van der Waals surface area contributed by atoms with E-state index in [1.165, 1.54) is 4.90 Å². The summed E-state index contributed by atoms with van der Waals surface area (Å²) in [5.74, 6) is -1.69. The third kappa shape index (κ3) is 4.87. The number of rotatable bonds is 8. The summed E-state index contributed by atoms with van der Waals surface area (Å²) in [6, 6.07) is 16.0. The molecule has 174 valence electrons. The lowest BCUT2D eigenvalue weighted by Gasteiger charge is -2.27. The van der Waals surface area contributed by atoms with E-state index in [1.54, 1.807) is 0 Å². The first kappa shape index (κ1) is 22.8. The van der Waals surface area contributed by atoms with E-state index in [0.29, 0.717) is 25.8 Å². The minimum absolute atomic E-state index is 0.0280. The minimum Gasteiger partial charge on any atom is -0.480 e. The van der Waals surface area contributed by atoms with E-state index in [1.807, 2.05) is 31.2 Å². The molecular formula is C26H30N2O5. The van der Waals surface area contributed by atoms with Gasteiger partial charge in [-0.05, 0) is 41.5 Å². The Kier molecular flexibility index (Phi) is 6.96. The van der Waals surface area contributed by atoms with Crippen molar-refractivity contribution in [3.8, 4) is 11.1 Å². The second kappa shape index (κ2) is 10.1. The number of carbonyl (C=O) groups is 3. The van der Waals surface area contributed by atoms with Crippen LogP contribution in [0.3, 0.4) is 0 Å². The van der Waals surface area contributed by atoms with E-state index in [-0.39, 0.29) is 31.0 Å². The number of carboxylic acids is 1. The van der Waals surface area contributed by atoms with E-state index < -0.39 is 18.0 Å². The third-order valence-corrected chi connectivity index (χ3v) is 6.61. The summed E-state index contributed by atoms with van der Waals surface area (Å²) < 4.78 is 5.63. The van der Waals surface area contributed by atoms with E-state index in [9.17, 15) is 14.4 Å². The molecule has 2 atom stereocenters. The number of ether oxygens (including phenoxy) is 1. The molecule has 2 N–H and O–H groups in total. The number of carbonyl (C=O) groups excluding carboxylic acids is 2. The highest BCUT2D eigenvalue weighted by Crippen LogP contribution is 2.44. The first-order valence-electron chi connectivity index (χ1n) is 11.6. The fraction of sp³-hybridized carbons (Fsp3) is 0.423. The Morgan fingerprint density at radius 2 is 1.67 bits per heavy atom. The predicted molar refractivity (Wildman–Crippen MR) is 124 cm³/mol. The predicted octanol–water partition coefficient (Wildman–Crippen LogP) is 4.02. The molecule has 33 heavy (non-hydrogen) atoms. The van der Waals surface area contributed by atoms with Crippen molar-refractivity contribution in [3.05, 3.63) is 59.7 Å². The average Bonchev–Trinajstić information content (AvgIpc) is 3.39. The van der Waals surface area contributed by atoms with Gasteiger partial charge in [-0.15, -0.1) is 0 Å². The first-order valence-corrected chi connectivity index (χ1v) is 11.6. The molecule has 0 heterocycles. The zero-order chi connectivity index (χ0) is 23.4. The largest absolute Gasteiger partial charge is 0.480 e. The van der Waals surface area contributed by atoms with Gasteiger partial charge in [0.25, 0.3) is 0 Å². The second-order valence-corrected chi connectivity index (χ2v) is 8.77. The molecule has 2 amide bonds. The topological polar surface area (TPSA) is 95.9 Å². The highest BCUT2D eigenvalue weighted by atomic mass is 16.5. The molecule has 7 nitrogen and oxygen atoms in total. The van der Waals surface area contributed by atoms with E-state index in [0.717, 1.165) is 28.7 Å². The minimum atomic E-state index is -1.03. The van der Waals surface area contributed by atoms with Gasteiger partial charge in [0.05, 0.1) is 5.92 Å². The lowest BCUT2D eigenvalue weighted by molar-refractivity contribution is -0.146. The molecule has 2 aliphatic carbocycles. The van der Waals surface area contributed by atoms with Crippen molar-refractivity contribution >= 4 is 18.0 Å². The monoisotopic (exact) mass is 450 g/mol. The quantitative estimate of drug-likeness (QED) is 0.633. The zero-order valence-corrected chi connectivity index (χ0v) is 18.8. The molecule has 2 aromatic carbocycles. The summed E-state index contributed by atoms with van der Waals surface area (Å²) in [5, 5.41) is 12.0. The fourth-order valence-corrected chi connectivity index (χ4v) is 5.15. The lowest BCUT2D eigenvalue weighted by atomic mass is 9.98. The molecule has 7 heteroatoms. The summed E-state index contributed by atoms with van der Waals surface area (Å²) in [5.41, 5.74) is 4.62. The molecule has 4 rings (SSSR count). The molecular weight excluding hydrogens is 420 g/mol. The van der Waals surface area contributed by atoms with Crippen LogP contribution in [-0.2, 0) is 14.3 Å². The van der Waals surface area contributed by atoms with E-state index in [2.05, 4.69) is 29.6 Å². The number of hydrogen-bond donors (Lipinski definition) is 2. The molecule has 0 aromatic heterocycles. The van der Waals surface area contributed by atoms with Crippen LogP contribution in [0.2, 0.25) is 0 Å². The summed E-state index contributed by atoms with van der Waals surface area (Å²) in [7, 11) is 0. The molecule has 0 aliphatic heterocycles. The van der Waals surface area contributed by atoms with Gasteiger partial charge in [-0.3, -0.25) is 9.59 Å². The molecule has 0 saturated heterocycles. The highest BCUT2D eigenvalue weighted by molar-refractivity contribution is 5.84. The standard InChI is InChI=1S/C26H30N2O5/c1-2-14-28(15-24(29)30)25(31)21-12-7-13-23(21)27-26(32)33-16-22-19-10-5-3-8-17(19)18-9-4-6-11-20(18)22/h3-6,8-11,21-23H,2,7,12-16H2,1H3,(H,27,32)(H,29,30)/t21-,23+/m0/s1. The smallest absolute Gasteiger partial charge is 0.407 e. The van der Waals surface area contributed by atoms with E-state index in [4.69, 9.17) is 9.84 Å². The number of nitrogens with one attached hydrogen (secondary N) is 1. The summed E-state index contributed by atoms with van der Waals surface area (Å²) in [6.07, 6.45) is 2.25. The number of carboxylic acid groups (broad SMARTS) is 1. The Labute approximate surface area is 193 Å². The average molecular weight is 451 g/mol. The van der Waals surface area contributed by atoms with Crippen molar-refractivity contribution in [1.29, 1.82) is 0 Å². The molecule has 0 unspecified atom stereocenters. The maximum atomic E-state index is 13.0. The molecule has 1 fully saturated rings. The van der Waals surface area contributed by atoms with Crippen LogP contribution in [0.25, 0.3) is 11.1 Å². The van der Waals surface area contributed by atoms with Crippen LogP contribution in [0.5, 0.6) is 0 Å². The van der Waals surface area contributed by atoms with Crippen molar-refractivity contribution in [2.24, 2.45) is 5.92 Å². The Hall–Kier alpha value is -3.35. The number of aliphatic carboxylic acids is 1. The van der Waals surface area contributed by atoms with Crippen LogP contribution >= 0.6 is 0 Å². The van der Waals surface area contributed by atoms with Crippen LogP contribution in [0.1, 0.15) is 49.7 Å². The van der Waals surface area contributed by atoms with Gasteiger partial charge >= 0.3 is 12.1 Å². The Balaban J connectivity index is 1.39. The van der Waals surface area contributed by atoms with E-state index >= 15 is 0 Å². The molecule has 1 saturated carbocycles. The molecule has 2 aliphatic rings. The normalized spacial score (nSPS) is 18.9. The van der Waals surface area contributed by atoms with Gasteiger partial charge in [-0.2, -0.15) is 0 Å². The Morgan fingerprint density at radius 3 is 2.27 bits per heavy atom. The molecule has 2 aromatic rings. The number of nitrogens with zero attached hydrogens (tertiary/aromatic N) is 1. The van der Waals surface area contributed by atoms with Gasteiger partial charge in [-0.25, -0.2) is 4.79 Å². The number of benzene rings is 2. The van der Waals surface area contributed by atoms with Crippen molar-refractivity contribution in [3.63, 3.8) is 0 Å². The molecule has 0 spiro atoms. The van der Waals surface area contributed by atoms with Gasteiger partial charge in [0.1, 0.15) is 13.2 Å². The van der Waals surface area contributed by atoms with Crippen LogP contribution in [0, 0.1) is 5.92 Å². The van der Waals surface area contributed by atoms with Crippen molar-refractivity contribution in [2.45, 2.75) is 44.6 Å². The summed E-state index contributed by atoms with van der Waals surface area (Å²) in [4.78, 5) is 38.2. The van der Waals surface area contributed by atoms with Crippen LogP contribution in [-0.4, -0.2) is 53.7 Å². The van der Waals surface area contributed by atoms with Gasteiger partial charge in [-0.1, -0.05) is 61.9 Å². The lowest BCUT2D eigenvalue weighted by Crippen LogP contribution is -2.47. The number of fused-ring (bicyclic) bond motifs is 3. The third-order valence-electron chi connectivity index (χ3n) is 6.61. The number of hydrogen-bond acceptors (Lipinski definition) is 4. The van der Waals surface area contributed by atoms with Crippen molar-refractivity contribution < 1.29 is 24.2 Å². The highest BCUT2D eigenvalue weighted by Gasteiger charge is 2.37. The fourth-order valence-electron chi connectivity index (χ4n) is 5.15. The zero-order valence-electron chi connectivity index (χ0n) is 18.8.